The molecule has 0 aliphatic rings. The molecule has 2 rings (SSSR count). The number of hydrogen-bond acceptors (Lipinski definition) is 4. The quantitative estimate of drug-likeness (QED) is 0.729. The van der Waals surface area contributed by atoms with E-state index >= 15 is 0 Å². The summed E-state index contributed by atoms with van der Waals surface area (Å²) < 4.78 is 0.951. The van der Waals surface area contributed by atoms with Crippen LogP contribution in [0.25, 0.3) is 10.2 Å². The lowest BCUT2D eigenvalue weighted by Gasteiger charge is -1.99. The van der Waals surface area contributed by atoms with Gasteiger partial charge in [0, 0.05) is 5.56 Å². The molecule has 0 saturated carbocycles. The minimum absolute atomic E-state index is 0.138. The molecule has 1 heterocycles. The molecule has 4 heteroatoms. The number of aromatic nitrogens is 1. The Kier molecular flexibility index (Phi) is 1.94. The van der Waals surface area contributed by atoms with E-state index in [1.165, 1.54) is 11.3 Å². The van der Waals surface area contributed by atoms with Gasteiger partial charge >= 0.3 is 0 Å². The van der Waals surface area contributed by atoms with Crippen LogP contribution >= 0.6 is 11.3 Å². The number of benzene rings is 1. The van der Waals surface area contributed by atoms with Crippen molar-refractivity contribution in [1.29, 1.82) is 0 Å². The van der Waals surface area contributed by atoms with E-state index < -0.39 is 0 Å². The van der Waals surface area contributed by atoms with Gasteiger partial charge in [0.15, 0.2) is 0 Å². The third kappa shape index (κ3) is 1.38. The van der Waals surface area contributed by atoms with Crippen molar-refractivity contribution < 1.29 is 10.2 Å². The van der Waals surface area contributed by atoms with Crippen molar-refractivity contribution in [3.05, 3.63) is 22.7 Å². The van der Waals surface area contributed by atoms with Crippen molar-refractivity contribution in [1.82, 2.24) is 4.98 Å². The van der Waals surface area contributed by atoms with Gasteiger partial charge < -0.3 is 10.2 Å². The maximum atomic E-state index is 9.44. The molecule has 0 unspecified atom stereocenters. The average Bonchev–Trinajstić information content (AvgIpc) is 2.42. The average molecular weight is 195 g/mol. The largest absolute Gasteiger partial charge is 0.508 e. The van der Waals surface area contributed by atoms with Crippen LogP contribution in [0.2, 0.25) is 0 Å². The number of aryl methyl sites for hydroxylation is 1. The summed E-state index contributed by atoms with van der Waals surface area (Å²) in [4.78, 5) is 4.26. The third-order valence-corrected chi connectivity index (χ3v) is 2.80. The zero-order valence-corrected chi connectivity index (χ0v) is 7.93. The van der Waals surface area contributed by atoms with E-state index in [4.69, 9.17) is 5.11 Å². The highest BCUT2D eigenvalue weighted by molar-refractivity contribution is 7.18. The van der Waals surface area contributed by atoms with Gasteiger partial charge in [-0.05, 0) is 19.1 Å². The van der Waals surface area contributed by atoms with Gasteiger partial charge in [-0.3, -0.25) is 0 Å². The number of rotatable bonds is 1. The molecule has 1 aromatic heterocycles. The number of fused-ring (bicyclic) bond motifs is 1. The number of thiazole rings is 1. The molecule has 13 heavy (non-hydrogen) atoms. The van der Waals surface area contributed by atoms with Crippen molar-refractivity contribution in [2.24, 2.45) is 0 Å². The SMILES string of the molecule is Cc1nc2cc(CO)c(O)cc2s1. The van der Waals surface area contributed by atoms with Gasteiger partial charge in [-0.1, -0.05) is 0 Å². The molecular formula is C9H9NO2S. The van der Waals surface area contributed by atoms with Crippen LogP contribution in [-0.2, 0) is 6.61 Å². The molecule has 0 spiro atoms. The fourth-order valence-corrected chi connectivity index (χ4v) is 2.09. The first-order valence-corrected chi connectivity index (χ1v) is 4.72. The first kappa shape index (κ1) is 8.47. The number of nitrogens with zero attached hydrogens (tertiary/aromatic N) is 1. The van der Waals surface area contributed by atoms with Crippen molar-refractivity contribution >= 4 is 21.6 Å². The second-order valence-electron chi connectivity index (χ2n) is 2.84. The summed E-state index contributed by atoms with van der Waals surface area (Å²) in [6.07, 6.45) is 0. The summed E-state index contributed by atoms with van der Waals surface area (Å²) in [5, 5.41) is 19.3. The second-order valence-corrected chi connectivity index (χ2v) is 4.07. The van der Waals surface area contributed by atoms with Gasteiger partial charge in [0.1, 0.15) is 5.75 Å². The Bertz CT molecular complexity index is 450. The molecule has 68 valence electrons. The fourth-order valence-electron chi connectivity index (χ4n) is 1.25. The van der Waals surface area contributed by atoms with Crippen LogP contribution < -0.4 is 0 Å². The first-order valence-electron chi connectivity index (χ1n) is 3.90. The predicted octanol–water partition coefficient (Wildman–Crippen LogP) is 1.80. The Hall–Kier alpha value is -1.13. The molecule has 0 bridgehead atoms. The summed E-state index contributed by atoms with van der Waals surface area (Å²) in [6.45, 7) is 1.76. The zero-order valence-electron chi connectivity index (χ0n) is 7.11. The molecule has 2 N–H and O–H groups in total. The second kappa shape index (κ2) is 2.97. The minimum atomic E-state index is -0.154. The lowest BCUT2D eigenvalue weighted by molar-refractivity contribution is 0.276. The van der Waals surface area contributed by atoms with E-state index in [1.807, 2.05) is 6.92 Å². The number of hydrogen-bond donors (Lipinski definition) is 2. The van der Waals surface area contributed by atoms with Gasteiger partial charge in [-0.25, -0.2) is 4.98 Å². The number of aromatic hydroxyl groups is 1. The van der Waals surface area contributed by atoms with E-state index in [-0.39, 0.29) is 12.4 Å². The van der Waals surface area contributed by atoms with Gasteiger partial charge in [0.2, 0.25) is 0 Å². The van der Waals surface area contributed by atoms with Gasteiger partial charge in [-0.2, -0.15) is 0 Å². The van der Waals surface area contributed by atoms with Crippen LogP contribution in [0.3, 0.4) is 0 Å². The van der Waals surface area contributed by atoms with Crippen molar-refractivity contribution in [3.63, 3.8) is 0 Å². The molecule has 0 atom stereocenters. The number of aliphatic hydroxyl groups is 1. The summed E-state index contributed by atoms with van der Waals surface area (Å²) >= 11 is 1.53. The standard InChI is InChI=1S/C9H9NO2S/c1-5-10-7-2-6(4-11)8(12)3-9(7)13-5/h2-3,11-12H,4H2,1H3. The summed E-state index contributed by atoms with van der Waals surface area (Å²) in [6, 6.07) is 3.36. The topological polar surface area (TPSA) is 53.4 Å². The highest BCUT2D eigenvalue weighted by Crippen LogP contribution is 2.28. The van der Waals surface area contributed by atoms with Crippen LogP contribution in [0.5, 0.6) is 5.75 Å². The molecule has 0 radical (unpaired) electrons. The van der Waals surface area contributed by atoms with E-state index in [1.54, 1.807) is 12.1 Å². The molecule has 0 amide bonds. The Morgan fingerprint density at radius 1 is 1.46 bits per heavy atom. The predicted molar refractivity (Wildman–Crippen MR) is 51.9 cm³/mol. The van der Waals surface area contributed by atoms with E-state index in [0.717, 1.165) is 15.2 Å². The molecular weight excluding hydrogens is 186 g/mol. The van der Waals surface area contributed by atoms with Crippen LogP contribution in [-0.4, -0.2) is 15.2 Å². The molecule has 2 aromatic rings. The lowest BCUT2D eigenvalue weighted by atomic mass is 10.2. The Morgan fingerprint density at radius 2 is 2.23 bits per heavy atom. The maximum absolute atomic E-state index is 9.44. The molecule has 0 aliphatic carbocycles. The van der Waals surface area contributed by atoms with Gasteiger partial charge in [-0.15, -0.1) is 11.3 Å². The highest BCUT2D eigenvalue weighted by atomic mass is 32.1. The lowest BCUT2D eigenvalue weighted by Crippen LogP contribution is -1.83. The first-order chi connectivity index (χ1) is 6.20. The highest BCUT2D eigenvalue weighted by Gasteiger charge is 2.05. The summed E-state index contributed by atoms with van der Waals surface area (Å²) in [5.74, 6) is 0.138. The Balaban J connectivity index is 2.72. The van der Waals surface area contributed by atoms with Crippen LogP contribution in [0.4, 0.5) is 0 Å². The fraction of sp³-hybridized carbons (Fsp3) is 0.222. The number of aliphatic hydroxyl groups excluding tert-OH is 1. The molecule has 1 aromatic carbocycles. The molecule has 0 fully saturated rings. The van der Waals surface area contributed by atoms with E-state index in [9.17, 15) is 5.11 Å². The molecule has 3 nitrogen and oxygen atoms in total. The Labute approximate surface area is 79.3 Å². The van der Waals surface area contributed by atoms with Crippen LogP contribution in [0.15, 0.2) is 12.1 Å². The van der Waals surface area contributed by atoms with E-state index in [2.05, 4.69) is 4.98 Å². The van der Waals surface area contributed by atoms with Crippen LogP contribution in [0.1, 0.15) is 10.6 Å². The molecule has 0 saturated heterocycles. The zero-order chi connectivity index (χ0) is 9.42. The number of phenols is 1. The minimum Gasteiger partial charge on any atom is -0.508 e. The smallest absolute Gasteiger partial charge is 0.122 e. The third-order valence-electron chi connectivity index (χ3n) is 1.87. The van der Waals surface area contributed by atoms with Gasteiger partial charge in [0.25, 0.3) is 0 Å². The van der Waals surface area contributed by atoms with Crippen molar-refractivity contribution in [2.45, 2.75) is 13.5 Å². The molecule has 0 aliphatic heterocycles. The normalized spacial score (nSPS) is 10.9. The van der Waals surface area contributed by atoms with Crippen LogP contribution in [0, 0.1) is 6.92 Å². The van der Waals surface area contributed by atoms with Gasteiger partial charge in [0.05, 0.1) is 21.8 Å². The van der Waals surface area contributed by atoms with Crippen molar-refractivity contribution in [2.75, 3.05) is 0 Å². The summed E-state index contributed by atoms with van der Waals surface area (Å²) in [5.41, 5.74) is 1.36. The van der Waals surface area contributed by atoms with E-state index in [0.29, 0.717) is 5.56 Å². The summed E-state index contributed by atoms with van der Waals surface area (Å²) in [7, 11) is 0. The maximum Gasteiger partial charge on any atom is 0.122 e. The monoisotopic (exact) mass is 195 g/mol. The van der Waals surface area contributed by atoms with Crippen molar-refractivity contribution in [3.8, 4) is 5.75 Å². The Morgan fingerprint density at radius 3 is 2.92 bits per heavy atom.